The normalized spacial score (nSPS) is 9.94. The summed E-state index contributed by atoms with van der Waals surface area (Å²) in [6.07, 6.45) is 0.505. The molecule has 0 atom stereocenters. The number of hydrogen-bond donors (Lipinski definition) is 3. The van der Waals surface area contributed by atoms with Crippen LogP contribution in [0.25, 0.3) is 0 Å². The van der Waals surface area contributed by atoms with Crippen LogP contribution in [-0.4, -0.2) is 23.7 Å². The Hall–Kier alpha value is -1.08. The summed E-state index contributed by atoms with van der Waals surface area (Å²) in [6.45, 7) is 0.841. The van der Waals surface area contributed by atoms with Gasteiger partial charge in [-0.3, -0.25) is 4.79 Å². The van der Waals surface area contributed by atoms with Crippen LogP contribution in [0.15, 0.2) is 15.9 Å². The molecule has 1 aromatic rings. The van der Waals surface area contributed by atoms with Crippen LogP contribution in [0.3, 0.4) is 0 Å². The molecule has 0 radical (unpaired) electrons. The molecule has 1 heterocycles. The summed E-state index contributed by atoms with van der Waals surface area (Å²) in [5.74, 6) is -0.851. The lowest BCUT2D eigenvalue weighted by Crippen LogP contribution is -2.35. The van der Waals surface area contributed by atoms with Gasteiger partial charge in [0.15, 0.2) is 0 Å². The minimum absolute atomic E-state index is 0.0676. The Bertz CT molecular complexity index is 395. The van der Waals surface area contributed by atoms with E-state index in [0.29, 0.717) is 19.5 Å². The maximum Gasteiger partial charge on any atom is 0.315 e. The third-order valence-electron chi connectivity index (χ3n) is 1.90. The molecule has 0 spiro atoms. The summed E-state index contributed by atoms with van der Waals surface area (Å²) in [4.78, 5) is 22.6. The third-order valence-corrected chi connectivity index (χ3v) is 3.60. The van der Waals surface area contributed by atoms with Crippen LogP contribution < -0.4 is 10.6 Å². The van der Waals surface area contributed by atoms with E-state index in [4.69, 9.17) is 5.11 Å². The molecule has 0 saturated heterocycles. The second-order valence-corrected chi connectivity index (χ2v) is 5.25. The number of carbonyl (C=O) groups is 2. The van der Waals surface area contributed by atoms with E-state index in [1.54, 1.807) is 11.3 Å². The number of hydrogen-bond acceptors (Lipinski definition) is 3. The van der Waals surface area contributed by atoms with E-state index in [9.17, 15) is 9.59 Å². The average Bonchev–Trinajstić information content (AvgIpc) is 2.67. The van der Waals surface area contributed by atoms with Crippen LogP contribution >= 0.6 is 27.3 Å². The van der Waals surface area contributed by atoms with Crippen molar-refractivity contribution in [2.75, 3.05) is 6.54 Å². The fourth-order valence-corrected chi connectivity index (χ4v) is 2.51. The fraction of sp³-hybridized carbons (Fsp3) is 0.400. The molecule has 0 aliphatic carbocycles. The van der Waals surface area contributed by atoms with Gasteiger partial charge in [-0.15, -0.1) is 11.3 Å². The molecule has 0 aliphatic heterocycles. The molecule has 5 nitrogen and oxygen atoms in total. The molecule has 17 heavy (non-hydrogen) atoms. The zero-order valence-corrected chi connectivity index (χ0v) is 11.4. The number of halogens is 1. The van der Waals surface area contributed by atoms with Crippen molar-refractivity contribution in [1.29, 1.82) is 0 Å². The van der Waals surface area contributed by atoms with Crippen LogP contribution in [0, 0.1) is 0 Å². The summed E-state index contributed by atoms with van der Waals surface area (Å²) >= 11 is 4.89. The quantitative estimate of drug-likeness (QED) is 0.703. The Morgan fingerprint density at radius 2 is 2.18 bits per heavy atom. The Kier molecular flexibility index (Phi) is 5.99. The molecule has 2 amide bonds. The smallest absolute Gasteiger partial charge is 0.315 e. The lowest BCUT2D eigenvalue weighted by atomic mass is 10.3. The molecule has 3 N–H and O–H groups in total. The van der Waals surface area contributed by atoms with E-state index in [-0.39, 0.29) is 12.5 Å². The highest BCUT2D eigenvalue weighted by Gasteiger charge is 2.02. The predicted octanol–water partition coefficient (Wildman–Crippen LogP) is 2.17. The number of carbonyl (C=O) groups excluding carboxylic acids is 1. The highest BCUT2D eigenvalue weighted by Crippen LogP contribution is 2.19. The van der Waals surface area contributed by atoms with E-state index < -0.39 is 5.97 Å². The highest BCUT2D eigenvalue weighted by atomic mass is 79.9. The monoisotopic (exact) mass is 320 g/mol. The van der Waals surface area contributed by atoms with E-state index in [1.165, 1.54) is 0 Å². The number of thiophene rings is 1. The van der Waals surface area contributed by atoms with E-state index in [1.807, 2.05) is 11.4 Å². The van der Waals surface area contributed by atoms with Crippen molar-refractivity contribution in [1.82, 2.24) is 10.6 Å². The van der Waals surface area contributed by atoms with Gasteiger partial charge in [0.2, 0.25) is 0 Å². The van der Waals surface area contributed by atoms with Crippen molar-refractivity contribution in [3.63, 3.8) is 0 Å². The summed E-state index contributed by atoms with van der Waals surface area (Å²) in [7, 11) is 0. The maximum atomic E-state index is 11.3. The van der Waals surface area contributed by atoms with Gasteiger partial charge in [-0.25, -0.2) is 4.79 Å². The first-order chi connectivity index (χ1) is 8.08. The number of aliphatic carboxylic acids is 1. The molecule has 1 rings (SSSR count). The Labute approximate surface area is 111 Å². The second-order valence-electron chi connectivity index (χ2n) is 3.34. The molecule has 94 valence electrons. The van der Waals surface area contributed by atoms with Crippen LogP contribution in [0.1, 0.15) is 17.7 Å². The van der Waals surface area contributed by atoms with Crippen molar-refractivity contribution in [3.8, 4) is 0 Å². The Morgan fingerprint density at radius 3 is 2.76 bits per heavy atom. The summed E-state index contributed by atoms with van der Waals surface area (Å²) < 4.78 is 1.00. The van der Waals surface area contributed by atoms with Gasteiger partial charge in [0.1, 0.15) is 0 Å². The summed E-state index contributed by atoms with van der Waals surface area (Å²) in [6, 6.07) is 1.66. The van der Waals surface area contributed by atoms with Crippen molar-refractivity contribution in [2.45, 2.75) is 19.4 Å². The molecule has 0 aliphatic rings. The van der Waals surface area contributed by atoms with E-state index in [0.717, 1.165) is 9.35 Å². The van der Waals surface area contributed by atoms with Crippen LogP contribution in [0.4, 0.5) is 4.79 Å². The maximum absolute atomic E-state index is 11.3. The van der Waals surface area contributed by atoms with Gasteiger partial charge in [0.05, 0.1) is 6.54 Å². The van der Waals surface area contributed by atoms with Crippen molar-refractivity contribution < 1.29 is 14.7 Å². The first kappa shape index (κ1) is 14.0. The third kappa shape index (κ3) is 6.28. The number of urea groups is 1. The molecule has 1 aromatic heterocycles. The zero-order chi connectivity index (χ0) is 12.7. The average molecular weight is 321 g/mol. The number of carboxylic acids is 1. The van der Waals surface area contributed by atoms with E-state index >= 15 is 0 Å². The lowest BCUT2D eigenvalue weighted by molar-refractivity contribution is -0.137. The van der Waals surface area contributed by atoms with Gasteiger partial charge in [-0.05, 0) is 28.4 Å². The Balaban J connectivity index is 2.11. The van der Waals surface area contributed by atoms with Crippen LogP contribution in [-0.2, 0) is 11.3 Å². The molecule has 0 saturated carbocycles. The van der Waals surface area contributed by atoms with Gasteiger partial charge >= 0.3 is 12.0 Å². The van der Waals surface area contributed by atoms with E-state index in [2.05, 4.69) is 26.6 Å². The topological polar surface area (TPSA) is 78.4 Å². The fourth-order valence-electron chi connectivity index (χ4n) is 1.12. The second kappa shape index (κ2) is 7.29. The minimum atomic E-state index is -0.851. The summed E-state index contributed by atoms with van der Waals surface area (Å²) in [5, 5.41) is 15.6. The standard InChI is InChI=1S/C10H13BrN2O3S/c11-7-4-8(17-6-7)5-13-10(16)12-3-1-2-9(14)15/h4,6H,1-3,5H2,(H,14,15)(H2,12,13,16). The van der Waals surface area contributed by atoms with Crippen LogP contribution in [0.5, 0.6) is 0 Å². The van der Waals surface area contributed by atoms with Gasteiger partial charge in [0.25, 0.3) is 0 Å². The molecule has 0 aromatic carbocycles. The number of nitrogens with one attached hydrogen (secondary N) is 2. The van der Waals surface area contributed by atoms with Crippen molar-refractivity contribution in [3.05, 3.63) is 20.8 Å². The molecule has 7 heteroatoms. The van der Waals surface area contributed by atoms with Gasteiger partial charge < -0.3 is 15.7 Å². The predicted molar refractivity (Wildman–Crippen MR) is 69.1 cm³/mol. The summed E-state index contributed by atoms with van der Waals surface area (Å²) in [5.41, 5.74) is 0. The van der Waals surface area contributed by atoms with Gasteiger partial charge in [-0.2, -0.15) is 0 Å². The molecule has 0 fully saturated rings. The first-order valence-corrected chi connectivity index (χ1v) is 6.71. The molecular formula is C10H13BrN2O3S. The van der Waals surface area contributed by atoms with Crippen molar-refractivity contribution in [2.24, 2.45) is 0 Å². The first-order valence-electron chi connectivity index (χ1n) is 5.04. The lowest BCUT2D eigenvalue weighted by Gasteiger charge is -2.05. The van der Waals surface area contributed by atoms with Gasteiger partial charge in [0, 0.05) is 27.7 Å². The largest absolute Gasteiger partial charge is 0.481 e. The molecule has 0 bridgehead atoms. The molecule has 0 unspecified atom stereocenters. The SMILES string of the molecule is O=C(O)CCCNC(=O)NCc1cc(Br)cs1. The highest BCUT2D eigenvalue weighted by molar-refractivity contribution is 9.10. The van der Waals surface area contributed by atoms with Gasteiger partial charge in [-0.1, -0.05) is 0 Å². The number of amides is 2. The molecular weight excluding hydrogens is 308 g/mol. The minimum Gasteiger partial charge on any atom is -0.481 e. The Morgan fingerprint density at radius 1 is 1.41 bits per heavy atom. The number of carboxylic acid groups (broad SMARTS) is 1. The zero-order valence-electron chi connectivity index (χ0n) is 9.03. The number of rotatable bonds is 6. The van der Waals surface area contributed by atoms with Crippen LogP contribution in [0.2, 0.25) is 0 Å². The van der Waals surface area contributed by atoms with Crippen molar-refractivity contribution >= 4 is 39.3 Å².